The second-order valence-electron chi connectivity index (χ2n) is 6.08. The number of nitrogens with zero attached hydrogens (tertiary/aromatic N) is 4. The summed E-state index contributed by atoms with van der Waals surface area (Å²) in [5.74, 6) is -0.478. The molecule has 2 aromatic rings. The van der Waals surface area contributed by atoms with Crippen molar-refractivity contribution < 1.29 is 18.0 Å². The molecule has 1 aromatic carbocycles. The van der Waals surface area contributed by atoms with Crippen molar-refractivity contribution >= 4 is 33.2 Å². The first kappa shape index (κ1) is 18.5. The largest absolute Gasteiger partial charge is 0.286 e. The molecule has 8 nitrogen and oxygen atoms in total. The number of carbonyl (C=O) groups excluding carboxylic acids is 2. The van der Waals surface area contributed by atoms with E-state index in [2.05, 4.69) is 9.59 Å². The van der Waals surface area contributed by atoms with E-state index >= 15 is 0 Å². The van der Waals surface area contributed by atoms with Gasteiger partial charge in [-0.1, -0.05) is 16.6 Å². The zero-order chi connectivity index (χ0) is 18.9. The SMILES string of the molecule is Cc1nnsc1C(=O)N1CCCN1C(=O)Cc1ccc(S(C)(=O)=O)cc1. The normalized spacial score (nSPS) is 14.7. The number of rotatable bonds is 4. The molecule has 2 heterocycles. The van der Waals surface area contributed by atoms with Crippen LogP contribution in [0.4, 0.5) is 0 Å². The number of hydrogen-bond acceptors (Lipinski definition) is 7. The Morgan fingerprint density at radius 2 is 1.81 bits per heavy atom. The van der Waals surface area contributed by atoms with E-state index in [0.717, 1.165) is 17.8 Å². The van der Waals surface area contributed by atoms with Gasteiger partial charge in [-0.3, -0.25) is 14.6 Å². The molecule has 1 aliphatic rings. The minimum atomic E-state index is -3.27. The quantitative estimate of drug-likeness (QED) is 0.769. The molecule has 1 aromatic heterocycles. The highest BCUT2D eigenvalue weighted by Gasteiger charge is 2.33. The van der Waals surface area contributed by atoms with Crippen LogP contribution in [0.3, 0.4) is 0 Å². The van der Waals surface area contributed by atoms with Gasteiger partial charge in [-0.05, 0) is 42.6 Å². The zero-order valence-electron chi connectivity index (χ0n) is 14.4. The number of aromatic nitrogens is 2. The van der Waals surface area contributed by atoms with E-state index in [0.29, 0.717) is 35.6 Å². The summed E-state index contributed by atoms with van der Waals surface area (Å²) in [6.07, 6.45) is 1.93. The Balaban J connectivity index is 1.72. The van der Waals surface area contributed by atoms with Gasteiger partial charge in [0, 0.05) is 19.3 Å². The topological polar surface area (TPSA) is 101 Å². The molecule has 1 fully saturated rings. The number of benzene rings is 1. The maximum absolute atomic E-state index is 12.7. The molecule has 138 valence electrons. The van der Waals surface area contributed by atoms with Crippen LogP contribution in [-0.2, 0) is 21.1 Å². The second kappa shape index (κ2) is 7.12. The summed E-state index contributed by atoms with van der Waals surface area (Å²) in [6.45, 7) is 2.65. The Kier molecular flexibility index (Phi) is 5.05. The van der Waals surface area contributed by atoms with Crippen LogP contribution in [0.25, 0.3) is 0 Å². The van der Waals surface area contributed by atoms with Gasteiger partial charge in [-0.2, -0.15) is 0 Å². The number of sulfone groups is 1. The summed E-state index contributed by atoms with van der Waals surface area (Å²) in [7, 11) is -3.27. The van der Waals surface area contributed by atoms with Gasteiger partial charge in [0.1, 0.15) is 4.88 Å². The van der Waals surface area contributed by atoms with Crippen molar-refractivity contribution in [1.29, 1.82) is 0 Å². The van der Waals surface area contributed by atoms with E-state index in [9.17, 15) is 18.0 Å². The van der Waals surface area contributed by atoms with Crippen molar-refractivity contribution in [3.8, 4) is 0 Å². The number of aryl methyl sites for hydroxylation is 1. The van der Waals surface area contributed by atoms with Crippen molar-refractivity contribution in [1.82, 2.24) is 19.6 Å². The van der Waals surface area contributed by atoms with Crippen LogP contribution in [0.15, 0.2) is 29.2 Å². The van der Waals surface area contributed by atoms with Gasteiger partial charge in [0.05, 0.1) is 17.0 Å². The summed E-state index contributed by atoms with van der Waals surface area (Å²) in [5, 5.41) is 6.73. The van der Waals surface area contributed by atoms with Gasteiger partial charge in [0.25, 0.3) is 5.91 Å². The first-order valence-electron chi connectivity index (χ1n) is 7.97. The Bertz CT molecular complexity index is 937. The van der Waals surface area contributed by atoms with Crippen LogP contribution in [-0.4, -0.2) is 59.2 Å². The summed E-state index contributed by atoms with van der Waals surface area (Å²) in [5.41, 5.74) is 1.24. The molecule has 3 rings (SSSR count). The van der Waals surface area contributed by atoms with Crippen LogP contribution in [0, 0.1) is 6.92 Å². The maximum Gasteiger partial charge on any atom is 0.286 e. The third-order valence-corrected chi connectivity index (χ3v) is 6.05. The van der Waals surface area contributed by atoms with E-state index in [4.69, 9.17) is 0 Å². The number of hydrogen-bond donors (Lipinski definition) is 0. The smallest absolute Gasteiger partial charge is 0.273 e. The maximum atomic E-state index is 12.7. The van der Waals surface area contributed by atoms with Gasteiger partial charge in [0.2, 0.25) is 5.91 Å². The van der Waals surface area contributed by atoms with Crippen LogP contribution >= 0.6 is 11.5 Å². The van der Waals surface area contributed by atoms with Gasteiger partial charge >= 0.3 is 0 Å². The molecule has 2 amide bonds. The first-order chi connectivity index (χ1) is 12.3. The third-order valence-electron chi connectivity index (χ3n) is 4.11. The molecule has 26 heavy (non-hydrogen) atoms. The highest BCUT2D eigenvalue weighted by atomic mass is 32.2. The summed E-state index contributed by atoms with van der Waals surface area (Å²) in [4.78, 5) is 25.9. The Hall–Kier alpha value is -2.33. The molecular formula is C16H18N4O4S2. The Morgan fingerprint density at radius 1 is 1.15 bits per heavy atom. The van der Waals surface area contributed by atoms with Gasteiger partial charge in [-0.15, -0.1) is 5.10 Å². The molecule has 10 heteroatoms. The number of carbonyl (C=O) groups is 2. The lowest BCUT2D eigenvalue weighted by Gasteiger charge is -2.27. The van der Waals surface area contributed by atoms with Crippen LogP contribution < -0.4 is 0 Å². The third kappa shape index (κ3) is 3.75. The minimum Gasteiger partial charge on any atom is -0.273 e. The van der Waals surface area contributed by atoms with Gasteiger partial charge in [0.15, 0.2) is 9.84 Å². The average Bonchev–Trinajstić information content (AvgIpc) is 3.22. The lowest BCUT2D eigenvalue weighted by atomic mass is 10.1. The molecule has 0 saturated carbocycles. The summed E-state index contributed by atoms with van der Waals surface area (Å²) in [6, 6.07) is 6.20. The van der Waals surface area contributed by atoms with E-state index in [1.165, 1.54) is 22.2 Å². The Morgan fingerprint density at radius 3 is 2.38 bits per heavy atom. The molecule has 0 atom stereocenters. The Labute approximate surface area is 155 Å². The minimum absolute atomic E-state index is 0.0910. The average molecular weight is 394 g/mol. The first-order valence-corrected chi connectivity index (χ1v) is 10.6. The van der Waals surface area contributed by atoms with E-state index < -0.39 is 9.84 Å². The van der Waals surface area contributed by atoms with Gasteiger partial charge < -0.3 is 0 Å². The molecule has 1 aliphatic heterocycles. The predicted octanol–water partition coefficient (Wildman–Crippen LogP) is 1.08. The molecule has 0 bridgehead atoms. The standard InChI is InChI=1S/C16H18N4O4S2/c1-11-15(25-18-17-11)16(22)20-9-3-8-19(20)14(21)10-12-4-6-13(7-5-12)26(2,23)24/h4-7H,3,8-10H2,1-2H3. The zero-order valence-corrected chi connectivity index (χ0v) is 16.0. The fourth-order valence-corrected chi connectivity index (χ4v) is 3.98. The van der Waals surface area contributed by atoms with Crippen LogP contribution in [0.2, 0.25) is 0 Å². The number of hydrazine groups is 1. The van der Waals surface area contributed by atoms with E-state index in [-0.39, 0.29) is 23.1 Å². The highest BCUT2D eigenvalue weighted by Crippen LogP contribution is 2.20. The van der Waals surface area contributed by atoms with Gasteiger partial charge in [-0.25, -0.2) is 13.4 Å². The fraction of sp³-hybridized carbons (Fsp3) is 0.375. The van der Waals surface area contributed by atoms with Crippen LogP contribution in [0.1, 0.15) is 27.3 Å². The summed E-state index contributed by atoms with van der Waals surface area (Å²) < 4.78 is 26.8. The molecular weight excluding hydrogens is 376 g/mol. The van der Waals surface area contributed by atoms with Crippen molar-refractivity contribution in [2.75, 3.05) is 19.3 Å². The van der Waals surface area contributed by atoms with Crippen LogP contribution in [0.5, 0.6) is 0 Å². The van der Waals surface area contributed by atoms with E-state index in [1.54, 1.807) is 19.1 Å². The molecule has 1 saturated heterocycles. The highest BCUT2D eigenvalue weighted by molar-refractivity contribution is 7.90. The molecule has 0 radical (unpaired) electrons. The lowest BCUT2D eigenvalue weighted by Crippen LogP contribution is -2.45. The summed E-state index contributed by atoms with van der Waals surface area (Å²) >= 11 is 1.02. The predicted molar refractivity (Wildman–Crippen MR) is 95.3 cm³/mol. The monoisotopic (exact) mass is 394 g/mol. The lowest BCUT2D eigenvalue weighted by molar-refractivity contribution is -0.139. The second-order valence-corrected chi connectivity index (χ2v) is 8.85. The number of amides is 2. The molecule has 0 aliphatic carbocycles. The van der Waals surface area contributed by atoms with Crippen molar-refractivity contribution in [3.05, 3.63) is 40.4 Å². The van der Waals surface area contributed by atoms with E-state index in [1.807, 2.05) is 0 Å². The van der Waals surface area contributed by atoms with Crippen molar-refractivity contribution in [3.63, 3.8) is 0 Å². The van der Waals surface area contributed by atoms with Crippen molar-refractivity contribution in [2.24, 2.45) is 0 Å². The molecule has 0 N–H and O–H groups in total. The van der Waals surface area contributed by atoms with Crippen molar-refractivity contribution in [2.45, 2.75) is 24.7 Å². The fourth-order valence-electron chi connectivity index (χ4n) is 2.75. The molecule has 0 spiro atoms. The molecule has 0 unspecified atom stereocenters.